The van der Waals surface area contributed by atoms with Crippen LogP contribution >= 0.6 is 0 Å². The van der Waals surface area contributed by atoms with Crippen LogP contribution in [-0.2, 0) is 6.67 Å². The molecular weight excluding hydrogens is 269 g/mol. The Balaban J connectivity index is 2.37. The van der Waals surface area contributed by atoms with Crippen LogP contribution in [0.1, 0.15) is 32.6 Å². The average Bonchev–Trinajstić information content (AvgIpc) is 2.52. The van der Waals surface area contributed by atoms with Crippen LogP contribution in [0.2, 0.25) is 0 Å². The van der Waals surface area contributed by atoms with E-state index in [2.05, 4.69) is 16.8 Å². The van der Waals surface area contributed by atoms with Gasteiger partial charge in [-0.15, -0.1) is 0 Å². The molecule has 0 atom stereocenters. The van der Waals surface area contributed by atoms with E-state index in [1.165, 1.54) is 24.5 Å². The number of benzene rings is 1. The normalized spacial score (nSPS) is 9.33. The number of hydrogen-bond acceptors (Lipinski definition) is 3. The molecule has 1 aromatic carbocycles. The molecule has 0 aliphatic heterocycles. The summed E-state index contributed by atoms with van der Waals surface area (Å²) >= 11 is 0. The van der Waals surface area contributed by atoms with Gasteiger partial charge in [-0.05, 0) is 23.8 Å². The minimum atomic E-state index is -0.764. The highest BCUT2D eigenvalue weighted by Gasteiger charge is 2.08. The second-order valence-electron chi connectivity index (χ2n) is 4.19. The molecule has 0 unspecified atom stereocenters. The highest BCUT2D eigenvalue weighted by Crippen LogP contribution is 2.13. The average molecular weight is 279 g/mol. The van der Waals surface area contributed by atoms with Crippen LogP contribution in [0.3, 0.4) is 0 Å². The molecule has 1 heterocycles. The van der Waals surface area contributed by atoms with Gasteiger partial charge in [0.2, 0.25) is 5.91 Å². The van der Waals surface area contributed by atoms with Crippen molar-refractivity contribution in [1.82, 2.24) is 4.98 Å². The van der Waals surface area contributed by atoms with Gasteiger partial charge >= 0.3 is 0 Å². The molecule has 1 aromatic heterocycles. The quantitative estimate of drug-likeness (QED) is 0.853. The van der Waals surface area contributed by atoms with Gasteiger partial charge < -0.3 is 5.73 Å². The van der Waals surface area contributed by atoms with Crippen molar-refractivity contribution in [1.29, 1.82) is 5.26 Å². The summed E-state index contributed by atoms with van der Waals surface area (Å²) in [7, 11) is 0. The number of rotatable bonds is 2. The molecule has 0 saturated heterocycles. The fourth-order valence-corrected chi connectivity index (χ4v) is 1.71. The van der Waals surface area contributed by atoms with Gasteiger partial charge in [-0.1, -0.05) is 17.9 Å². The smallest absolute Gasteiger partial charge is 0.249 e. The van der Waals surface area contributed by atoms with E-state index in [1.807, 2.05) is 6.07 Å². The lowest BCUT2D eigenvalue weighted by atomic mass is 10.0. The molecule has 4 nitrogen and oxygen atoms in total. The molecule has 21 heavy (non-hydrogen) atoms. The number of carbonyl (C=O) groups excluding carboxylic acids is 1. The van der Waals surface area contributed by atoms with Crippen molar-refractivity contribution < 1.29 is 9.18 Å². The number of nitriles is 1. The Labute approximate surface area is 121 Å². The molecule has 0 bridgehead atoms. The van der Waals surface area contributed by atoms with E-state index in [9.17, 15) is 9.18 Å². The number of carbonyl (C=O) groups is 1. The molecule has 0 aliphatic rings. The SMILES string of the molecule is N#Cc1cncc(C#Cc2ccc(CF)c(C(N)=O)c2)c1. The summed E-state index contributed by atoms with van der Waals surface area (Å²) in [5.74, 6) is 4.96. The highest BCUT2D eigenvalue weighted by atomic mass is 19.1. The molecule has 5 heteroatoms. The summed E-state index contributed by atoms with van der Waals surface area (Å²) in [6.07, 6.45) is 2.96. The molecule has 2 rings (SSSR count). The fraction of sp³-hybridized carbons (Fsp3) is 0.0625. The molecule has 0 radical (unpaired) electrons. The minimum absolute atomic E-state index is 0.119. The Bertz CT molecular complexity index is 797. The third kappa shape index (κ3) is 3.43. The third-order valence-corrected chi connectivity index (χ3v) is 2.74. The van der Waals surface area contributed by atoms with Crippen LogP contribution in [0.5, 0.6) is 0 Å². The van der Waals surface area contributed by atoms with Crippen LogP contribution < -0.4 is 5.73 Å². The van der Waals surface area contributed by atoms with E-state index in [4.69, 9.17) is 11.0 Å². The van der Waals surface area contributed by atoms with E-state index in [0.717, 1.165) is 0 Å². The number of halogens is 1. The van der Waals surface area contributed by atoms with Crippen molar-refractivity contribution in [2.45, 2.75) is 6.67 Å². The van der Waals surface area contributed by atoms with E-state index in [0.29, 0.717) is 16.7 Å². The van der Waals surface area contributed by atoms with Crippen LogP contribution in [0.15, 0.2) is 36.7 Å². The van der Waals surface area contributed by atoms with E-state index >= 15 is 0 Å². The van der Waals surface area contributed by atoms with Gasteiger partial charge in [0.15, 0.2) is 0 Å². The van der Waals surface area contributed by atoms with Crippen LogP contribution in [0, 0.1) is 23.2 Å². The maximum Gasteiger partial charge on any atom is 0.249 e. The topological polar surface area (TPSA) is 79.8 Å². The van der Waals surface area contributed by atoms with Gasteiger partial charge in [0.1, 0.15) is 12.7 Å². The number of nitrogens with zero attached hydrogens (tertiary/aromatic N) is 2. The number of aromatic nitrogens is 1. The summed E-state index contributed by atoms with van der Waals surface area (Å²) < 4.78 is 12.7. The lowest BCUT2D eigenvalue weighted by Gasteiger charge is -2.02. The lowest BCUT2D eigenvalue weighted by Crippen LogP contribution is -2.13. The second-order valence-corrected chi connectivity index (χ2v) is 4.19. The highest BCUT2D eigenvalue weighted by molar-refractivity contribution is 5.94. The molecule has 2 N–H and O–H groups in total. The van der Waals surface area contributed by atoms with Crippen LogP contribution in [0.25, 0.3) is 0 Å². The lowest BCUT2D eigenvalue weighted by molar-refractivity contribution is 0.0998. The number of primary amides is 1. The summed E-state index contributed by atoms with van der Waals surface area (Å²) in [5, 5.41) is 8.78. The van der Waals surface area contributed by atoms with E-state index in [-0.39, 0.29) is 11.1 Å². The van der Waals surface area contributed by atoms with Crippen molar-refractivity contribution in [3.8, 4) is 17.9 Å². The van der Waals surface area contributed by atoms with E-state index < -0.39 is 12.6 Å². The van der Waals surface area contributed by atoms with Crippen molar-refractivity contribution in [2.75, 3.05) is 0 Å². The first-order valence-corrected chi connectivity index (χ1v) is 6.00. The Morgan fingerprint density at radius 1 is 1.19 bits per heavy atom. The Morgan fingerprint density at radius 2 is 1.90 bits per heavy atom. The third-order valence-electron chi connectivity index (χ3n) is 2.74. The molecule has 0 saturated carbocycles. The predicted molar refractivity (Wildman–Crippen MR) is 74.7 cm³/mol. The van der Waals surface area contributed by atoms with Crippen molar-refractivity contribution in [3.05, 3.63) is 64.5 Å². The van der Waals surface area contributed by atoms with Gasteiger partial charge in [0.05, 0.1) is 5.56 Å². The van der Waals surface area contributed by atoms with Gasteiger partial charge in [0, 0.05) is 29.1 Å². The molecular formula is C16H10FN3O. The Kier molecular flexibility index (Phi) is 4.28. The van der Waals surface area contributed by atoms with Gasteiger partial charge in [-0.3, -0.25) is 9.78 Å². The molecule has 0 fully saturated rings. The summed E-state index contributed by atoms with van der Waals surface area (Å²) in [6.45, 7) is -0.764. The van der Waals surface area contributed by atoms with Crippen molar-refractivity contribution >= 4 is 5.91 Å². The fourth-order valence-electron chi connectivity index (χ4n) is 1.71. The zero-order valence-corrected chi connectivity index (χ0v) is 10.9. The Morgan fingerprint density at radius 3 is 2.57 bits per heavy atom. The first-order valence-electron chi connectivity index (χ1n) is 6.00. The monoisotopic (exact) mass is 279 g/mol. The zero-order chi connectivity index (χ0) is 15.2. The number of pyridine rings is 1. The number of nitrogens with two attached hydrogens (primary N) is 1. The van der Waals surface area contributed by atoms with Crippen LogP contribution in [0.4, 0.5) is 4.39 Å². The second kappa shape index (κ2) is 6.31. The largest absolute Gasteiger partial charge is 0.366 e. The summed E-state index contributed by atoms with van der Waals surface area (Å²) in [6, 6.07) is 8.11. The predicted octanol–water partition coefficient (Wildman–Crippen LogP) is 1.92. The van der Waals surface area contributed by atoms with Crippen molar-refractivity contribution in [3.63, 3.8) is 0 Å². The maximum atomic E-state index is 12.7. The molecule has 0 spiro atoms. The molecule has 1 amide bonds. The standard InChI is InChI=1S/C16H10FN3O/c17-7-14-4-3-11(6-15(14)16(19)21)1-2-12-5-13(8-18)10-20-9-12/h3-6,9-10H,7H2,(H2,19,21). The molecule has 0 aliphatic carbocycles. The van der Waals surface area contributed by atoms with Gasteiger partial charge in [0.25, 0.3) is 0 Å². The number of hydrogen-bond donors (Lipinski definition) is 1. The van der Waals surface area contributed by atoms with Gasteiger partial charge in [-0.2, -0.15) is 5.26 Å². The maximum absolute atomic E-state index is 12.7. The number of amides is 1. The molecule has 2 aromatic rings. The summed E-state index contributed by atoms with van der Waals surface area (Å²) in [4.78, 5) is 15.1. The molecule has 102 valence electrons. The first-order chi connectivity index (χ1) is 10.1. The minimum Gasteiger partial charge on any atom is -0.366 e. The summed E-state index contributed by atoms with van der Waals surface area (Å²) in [5.41, 5.74) is 7.07. The Hall–Kier alpha value is -3.18. The van der Waals surface area contributed by atoms with Crippen molar-refractivity contribution in [2.24, 2.45) is 5.73 Å². The first kappa shape index (κ1) is 14.2. The van der Waals surface area contributed by atoms with Crippen LogP contribution in [-0.4, -0.2) is 10.9 Å². The van der Waals surface area contributed by atoms with Gasteiger partial charge in [-0.25, -0.2) is 4.39 Å². The van der Waals surface area contributed by atoms with E-state index in [1.54, 1.807) is 12.1 Å². The zero-order valence-electron chi connectivity index (χ0n) is 10.9. The number of alkyl halides is 1.